The van der Waals surface area contributed by atoms with E-state index in [1.807, 2.05) is 20.8 Å². The van der Waals surface area contributed by atoms with Gasteiger partial charge in [-0.2, -0.15) is 0 Å². The van der Waals surface area contributed by atoms with Crippen LogP contribution >= 0.6 is 0 Å². The van der Waals surface area contributed by atoms with Gasteiger partial charge in [-0.25, -0.2) is 0 Å². The molecule has 0 heterocycles. The summed E-state index contributed by atoms with van der Waals surface area (Å²) < 4.78 is 5.27. The van der Waals surface area contributed by atoms with Gasteiger partial charge < -0.3 is 10.1 Å². The molecule has 0 aromatic heterocycles. The summed E-state index contributed by atoms with van der Waals surface area (Å²) in [5, 5.41) is 3.34. The number of carbonyl (C=O) groups is 1. The first-order valence-corrected chi connectivity index (χ1v) is 6.80. The molecule has 0 unspecified atom stereocenters. The number of ether oxygens (including phenoxy) is 1. The van der Waals surface area contributed by atoms with Gasteiger partial charge in [0, 0.05) is 12.6 Å². The Morgan fingerprint density at radius 3 is 2.63 bits per heavy atom. The fraction of sp³-hybridized carbons (Fsp3) is 0.562. The van der Waals surface area contributed by atoms with Crippen LogP contribution in [0.25, 0.3) is 0 Å². The first kappa shape index (κ1) is 15.7. The zero-order chi connectivity index (χ0) is 14.5. The summed E-state index contributed by atoms with van der Waals surface area (Å²) in [5.74, 6) is -0.156. The number of esters is 1. The third-order valence-corrected chi connectivity index (χ3v) is 2.74. The molecule has 0 fully saturated rings. The van der Waals surface area contributed by atoms with Crippen LogP contribution in [0.5, 0.6) is 0 Å². The second-order valence-electron chi connectivity index (χ2n) is 5.93. The third-order valence-electron chi connectivity index (χ3n) is 2.74. The van der Waals surface area contributed by atoms with Crippen molar-refractivity contribution in [1.29, 1.82) is 0 Å². The molecule has 0 saturated carbocycles. The van der Waals surface area contributed by atoms with Crippen molar-refractivity contribution in [2.45, 2.75) is 52.7 Å². The van der Waals surface area contributed by atoms with E-state index in [0.717, 1.165) is 0 Å². The molecule has 19 heavy (non-hydrogen) atoms. The van der Waals surface area contributed by atoms with E-state index in [9.17, 15) is 4.79 Å². The van der Waals surface area contributed by atoms with Crippen molar-refractivity contribution in [2.75, 3.05) is 6.54 Å². The number of benzene rings is 1. The molecular formula is C16H25NO2. The Hall–Kier alpha value is -1.35. The van der Waals surface area contributed by atoms with Crippen molar-refractivity contribution in [3.8, 4) is 0 Å². The molecule has 0 amide bonds. The lowest BCUT2D eigenvalue weighted by molar-refractivity contribution is -0.154. The Labute approximate surface area is 116 Å². The Kier molecular flexibility index (Phi) is 5.55. The van der Waals surface area contributed by atoms with Crippen molar-refractivity contribution in [2.24, 2.45) is 0 Å². The second-order valence-corrected chi connectivity index (χ2v) is 5.93. The van der Waals surface area contributed by atoms with Crippen molar-refractivity contribution in [3.05, 3.63) is 35.4 Å². The molecule has 1 aromatic carbocycles. The van der Waals surface area contributed by atoms with Gasteiger partial charge in [0.05, 0.1) is 6.42 Å². The molecule has 0 radical (unpaired) electrons. The van der Waals surface area contributed by atoms with Crippen molar-refractivity contribution < 1.29 is 9.53 Å². The van der Waals surface area contributed by atoms with Crippen LogP contribution in [0, 0.1) is 6.92 Å². The zero-order valence-electron chi connectivity index (χ0n) is 12.6. The molecule has 0 bridgehead atoms. The summed E-state index contributed by atoms with van der Waals surface area (Å²) in [6.45, 7) is 10.5. The Morgan fingerprint density at radius 2 is 2.05 bits per heavy atom. The molecule has 0 aliphatic heterocycles. The summed E-state index contributed by atoms with van der Waals surface area (Å²) in [7, 11) is 0. The van der Waals surface area contributed by atoms with Gasteiger partial charge in [0.25, 0.3) is 0 Å². The van der Waals surface area contributed by atoms with Crippen LogP contribution in [-0.2, 0) is 9.53 Å². The quantitative estimate of drug-likeness (QED) is 0.828. The average molecular weight is 263 g/mol. The van der Waals surface area contributed by atoms with E-state index in [1.54, 1.807) is 0 Å². The largest absolute Gasteiger partial charge is 0.460 e. The predicted molar refractivity (Wildman–Crippen MR) is 78.1 cm³/mol. The summed E-state index contributed by atoms with van der Waals surface area (Å²) in [6, 6.07) is 8.62. The van der Waals surface area contributed by atoms with E-state index in [2.05, 4.69) is 43.4 Å². The molecule has 106 valence electrons. The Bertz CT molecular complexity index is 421. The monoisotopic (exact) mass is 263 g/mol. The van der Waals surface area contributed by atoms with Gasteiger partial charge in [-0.3, -0.25) is 4.79 Å². The highest BCUT2D eigenvalue weighted by molar-refractivity contribution is 5.70. The Balaban J connectivity index is 2.35. The van der Waals surface area contributed by atoms with E-state index in [1.165, 1.54) is 11.1 Å². The maximum atomic E-state index is 11.6. The van der Waals surface area contributed by atoms with Crippen molar-refractivity contribution >= 4 is 5.97 Å². The molecule has 1 atom stereocenters. The van der Waals surface area contributed by atoms with Gasteiger partial charge in [0.2, 0.25) is 0 Å². The normalized spacial score (nSPS) is 13.1. The molecule has 0 aliphatic rings. The van der Waals surface area contributed by atoms with E-state index in [0.29, 0.717) is 13.0 Å². The molecule has 3 heteroatoms. The minimum absolute atomic E-state index is 0.156. The second kappa shape index (κ2) is 6.71. The van der Waals surface area contributed by atoms with E-state index in [-0.39, 0.29) is 12.0 Å². The molecule has 1 aromatic rings. The van der Waals surface area contributed by atoms with Gasteiger partial charge in [-0.1, -0.05) is 29.8 Å². The predicted octanol–water partition coefficient (Wildman–Crippen LogP) is 3.38. The molecule has 0 saturated heterocycles. The lowest BCUT2D eigenvalue weighted by atomic mass is 10.1. The summed E-state index contributed by atoms with van der Waals surface area (Å²) in [6.07, 6.45) is 0.396. The smallest absolute Gasteiger partial charge is 0.307 e. The van der Waals surface area contributed by atoms with Crippen LogP contribution in [-0.4, -0.2) is 18.1 Å². The first-order valence-electron chi connectivity index (χ1n) is 6.80. The summed E-state index contributed by atoms with van der Waals surface area (Å²) in [5.41, 5.74) is 2.08. The van der Waals surface area contributed by atoms with E-state index in [4.69, 9.17) is 4.74 Å². The molecule has 1 rings (SSSR count). The lowest BCUT2D eigenvalue weighted by Crippen LogP contribution is -2.27. The number of rotatable bonds is 5. The number of nitrogens with one attached hydrogen (secondary N) is 1. The summed E-state index contributed by atoms with van der Waals surface area (Å²) >= 11 is 0. The standard InChI is InChI=1S/C16H25NO2/c1-12-7-6-8-14(11-12)13(2)17-10-9-15(18)19-16(3,4)5/h6-8,11,13,17H,9-10H2,1-5H3/t13-/m0/s1. The average Bonchev–Trinajstić information content (AvgIpc) is 2.26. The molecule has 3 nitrogen and oxygen atoms in total. The Morgan fingerprint density at radius 1 is 1.37 bits per heavy atom. The number of hydrogen-bond acceptors (Lipinski definition) is 3. The SMILES string of the molecule is Cc1cccc([C@H](C)NCCC(=O)OC(C)(C)C)c1. The number of aryl methyl sites for hydroxylation is 1. The van der Waals surface area contributed by atoms with Crippen LogP contribution in [0.3, 0.4) is 0 Å². The topological polar surface area (TPSA) is 38.3 Å². The highest BCUT2D eigenvalue weighted by atomic mass is 16.6. The minimum atomic E-state index is -0.404. The third kappa shape index (κ3) is 6.39. The highest BCUT2D eigenvalue weighted by Gasteiger charge is 2.16. The van der Waals surface area contributed by atoms with Crippen LogP contribution < -0.4 is 5.32 Å². The van der Waals surface area contributed by atoms with E-state index < -0.39 is 5.60 Å². The van der Waals surface area contributed by atoms with Crippen LogP contribution in [0.1, 0.15) is 51.3 Å². The molecular weight excluding hydrogens is 238 g/mol. The lowest BCUT2D eigenvalue weighted by Gasteiger charge is -2.20. The summed E-state index contributed by atoms with van der Waals surface area (Å²) in [4.78, 5) is 11.6. The first-order chi connectivity index (χ1) is 8.78. The van der Waals surface area contributed by atoms with Crippen LogP contribution in [0.15, 0.2) is 24.3 Å². The van der Waals surface area contributed by atoms with Gasteiger partial charge >= 0.3 is 5.97 Å². The minimum Gasteiger partial charge on any atom is -0.460 e. The zero-order valence-corrected chi connectivity index (χ0v) is 12.6. The maximum Gasteiger partial charge on any atom is 0.307 e. The number of carbonyl (C=O) groups excluding carboxylic acids is 1. The van der Waals surface area contributed by atoms with Crippen LogP contribution in [0.4, 0.5) is 0 Å². The van der Waals surface area contributed by atoms with Gasteiger partial charge in [0.15, 0.2) is 0 Å². The van der Waals surface area contributed by atoms with Gasteiger partial charge in [-0.05, 0) is 40.2 Å². The fourth-order valence-corrected chi connectivity index (χ4v) is 1.84. The maximum absolute atomic E-state index is 11.6. The van der Waals surface area contributed by atoms with Gasteiger partial charge in [0.1, 0.15) is 5.60 Å². The van der Waals surface area contributed by atoms with E-state index >= 15 is 0 Å². The number of hydrogen-bond donors (Lipinski definition) is 1. The van der Waals surface area contributed by atoms with Crippen molar-refractivity contribution in [3.63, 3.8) is 0 Å². The van der Waals surface area contributed by atoms with Gasteiger partial charge in [-0.15, -0.1) is 0 Å². The van der Waals surface area contributed by atoms with Crippen LogP contribution in [0.2, 0.25) is 0 Å². The molecule has 0 aliphatic carbocycles. The van der Waals surface area contributed by atoms with Crippen molar-refractivity contribution in [1.82, 2.24) is 5.32 Å². The molecule has 0 spiro atoms. The highest BCUT2D eigenvalue weighted by Crippen LogP contribution is 2.14. The fourth-order valence-electron chi connectivity index (χ4n) is 1.84. The molecule has 1 N–H and O–H groups in total.